The van der Waals surface area contributed by atoms with Crippen molar-refractivity contribution in [3.63, 3.8) is 0 Å². The Kier molecular flexibility index (Phi) is 6.28. The number of amides is 2. The first kappa shape index (κ1) is 16.0. The van der Waals surface area contributed by atoms with Crippen LogP contribution in [0.5, 0.6) is 0 Å². The molecule has 0 radical (unpaired) electrons. The lowest BCUT2D eigenvalue weighted by atomic mass is 9.91. The zero-order valence-electron chi connectivity index (χ0n) is 12.3. The monoisotopic (exact) mass is 269 g/mol. The average Bonchev–Trinajstić information content (AvgIpc) is 2.43. The molecule has 3 N–H and O–H groups in total. The lowest BCUT2D eigenvalue weighted by Gasteiger charge is -2.24. The van der Waals surface area contributed by atoms with Crippen molar-refractivity contribution in [3.8, 4) is 0 Å². The molecule has 1 heterocycles. The molecule has 0 spiro atoms. The van der Waals surface area contributed by atoms with Crippen LogP contribution in [0.25, 0.3) is 0 Å². The molecule has 110 valence electrons. The van der Waals surface area contributed by atoms with Gasteiger partial charge in [-0.15, -0.1) is 0 Å². The zero-order valence-corrected chi connectivity index (χ0v) is 12.3. The highest BCUT2D eigenvalue weighted by molar-refractivity contribution is 5.83. The Morgan fingerprint density at radius 2 is 1.89 bits per heavy atom. The molecule has 5 heteroatoms. The van der Waals surface area contributed by atoms with E-state index < -0.39 is 5.41 Å². The number of rotatable bonds is 6. The normalized spacial score (nSPS) is 17.0. The minimum atomic E-state index is -0.556. The van der Waals surface area contributed by atoms with Crippen LogP contribution in [-0.4, -0.2) is 38.5 Å². The van der Waals surface area contributed by atoms with Gasteiger partial charge in [0.1, 0.15) is 0 Å². The molecule has 0 atom stereocenters. The summed E-state index contributed by atoms with van der Waals surface area (Å²) in [5, 5.41) is 8.80. The van der Waals surface area contributed by atoms with Gasteiger partial charge < -0.3 is 16.0 Å². The van der Waals surface area contributed by atoms with Crippen molar-refractivity contribution < 1.29 is 9.59 Å². The molecule has 1 aliphatic heterocycles. The molecule has 0 bridgehead atoms. The maximum atomic E-state index is 11.8. The maximum Gasteiger partial charge on any atom is 0.227 e. The summed E-state index contributed by atoms with van der Waals surface area (Å²) in [7, 11) is 1.61. The van der Waals surface area contributed by atoms with Gasteiger partial charge in [-0.05, 0) is 52.1 Å². The van der Waals surface area contributed by atoms with Crippen LogP contribution in [0.3, 0.4) is 0 Å². The lowest BCUT2D eigenvalue weighted by Crippen LogP contribution is -2.43. The zero-order chi connectivity index (χ0) is 14.3. The van der Waals surface area contributed by atoms with Gasteiger partial charge in [-0.25, -0.2) is 0 Å². The van der Waals surface area contributed by atoms with Gasteiger partial charge in [0.2, 0.25) is 11.8 Å². The number of nitrogens with one attached hydrogen (secondary N) is 3. The highest BCUT2D eigenvalue weighted by Crippen LogP contribution is 2.18. The smallest absolute Gasteiger partial charge is 0.227 e. The minimum Gasteiger partial charge on any atom is -0.359 e. The lowest BCUT2D eigenvalue weighted by molar-refractivity contribution is -0.129. The molecule has 0 aliphatic carbocycles. The third kappa shape index (κ3) is 5.59. The molecule has 1 saturated heterocycles. The number of carbonyl (C=O) groups is 2. The summed E-state index contributed by atoms with van der Waals surface area (Å²) < 4.78 is 0. The topological polar surface area (TPSA) is 70.2 Å². The average molecular weight is 269 g/mol. The van der Waals surface area contributed by atoms with Crippen LogP contribution in [0, 0.1) is 11.3 Å². The summed E-state index contributed by atoms with van der Waals surface area (Å²) in [5.74, 6) is 0.667. The molecule has 2 amide bonds. The second-order valence-corrected chi connectivity index (χ2v) is 5.97. The van der Waals surface area contributed by atoms with E-state index >= 15 is 0 Å². The van der Waals surface area contributed by atoms with Gasteiger partial charge in [0, 0.05) is 20.0 Å². The van der Waals surface area contributed by atoms with E-state index in [1.165, 1.54) is 0 Å². The summed E-state index contributed by atoms with van der Waals surface area (Å²) in [5.41, 5.74) is -0.556. The largest absolute Gasteiger partial charge is 0.359 e. The third-order valence-corrected chi connectivity index (χ3v) is 3.81. The summed E-state index contributed by atoms with van der Waals surface area (Å²) in [6.45, 7) is 6.18. The van der Waals surface area contributed by atoms with Gasteiger partial charge in [0.25, 0.3) is 0 Å². The van der Waals surface area contributed by atoms with Crippen LogP contribution < -0.4 is 16.0 Å². The Bertz CT molecular complexity index is 310. The van der Waals surface area contributed by atoms with E-state index in [9.17, 15) is 9.59 Å². The van der Waals surface area contributed by atoms with Crippen LogP contribution in [0.15, 0.2) is 0 Å². The first-order chi connectivity index (χ1) is 8.95. The number of carbonyl (C=O) groups excluding carboxylic acids is 2. The summed E-state index contributed by atoms with van der Waals surface area (Å²) in [6, 6.07) is 0. The van der Waals surface area contributed by atoms with Crippen LogP contribution in [0.2, 0.25) is 0 Å². The predicted octanol–water partition coefficient (Wildman–Crippen LogP) is 0.655. The molecule has 0 aromatic rings. The summed E-state index contributed by atoms with van der Waals surface area (Å²) in [4.78, 5) is 23.4. The van der Waals surface area contributed by atoms with Crippen molar-refractivity contribution in [2.24, 2.45) is 11.3 Å². The van der Waals surface area contributed by atoms with Crippen molar-refractivity contribution in [1.29, 1.82) is 0 Å². The molecular weight excluding hydrogens is 242 g/mol. The first-order valence-corrected chi connectivity index (χ1v) is 7.15. The maximum absolute atomic E-state index is 11.8. The van der Waals surface area contributed by atoms with E-state index in [0.717, 1.165) is 32.4 Å². The fourth-order valence-corrected chi connectivity index (χ4v) is 2.33. The van der Waals surface area contributed by atoms with E-state index in [1.54, 1.807) is 7.05 Å². The Morgan fingerprint density at radius 3 is 2.47 bits per heavy atom. The van der Waals surface area contributed by atoms with Crippen LogP contribution in [0.1, 0.15) is 39.5 Å². The van der Waals surface area contributed by atoms with Crippen LogP contribution >= 0.6 is 0 Å². The van der Waals surface area contributed by atoms with Crippen molar-refractivity contribution in [2.45, 2.75) is 39.5 Å². The molecule has 0 aromatic carbocycles. The quantitative estimate of drug-likeness (QED) is 0.663. The molecule has 1 rings (SSSR count). The van der Waals surface area contributed by atoms with Crippen molar-refractivity contribution >= 4 is 11.8 Å². The SMILES string of the molecule is CNC(=O)C(C)(C)CNC(=O)CCC1CCNCC1. The highest BCUT2D eigenvalue weighted by Gasteiger charge is 2.27. The molecule has 1 aliphatic rings. The molecule has 0 aromatic heterocycles. The molecule has 0 saturated carbocycles. The summed E-state index contributed by atoms with van der Waals surface area (Å²) in [6.07, 6.45) is 3.84. The molecule has 0 unspecified atom stereocenters. The minimum absolute atomic E-state index is 0.0499. The Balaban J connectivity index is 2.22. The van der Waals surface area contributed by atoms with E-state index in [2.05, 4.69) is 16.0 Å². The Morgan fingerprint density at radius 1 is 1.26 bits per heavy atom. The van der Waals surface area contributed by atoms with Gasteiger partial charge in [-0.2, -0.15) is 0 Å². The van der Waals surface area contributed by atoms with Gasteiger partial charge >= 0.3 is 0 Å². The number of hydrogen-bond acceptors (Lipinski definition) is 3. The fourth-order valence-electron chi connectivity index (χ4n) is 2.33. The van der Waals surface area contributed by atoms with E-state index in [-0.39, 0.29) is 11.8 Å². The van der Waals surface area contributed by atoms with Crippen LogP contribution in [-0.2, 0) is 9.59 Å². The van der Waals surface area contributed by atoms with E-state index in [4.69, 9.17) is 0 Å². The van der Waals surface area contributed by atoms with Crippen molar-refractivity contribution in [2.75, 3.05) is 26.7 Å². The Hall–Kier alpha value is -1.10. The van der Waals surface area contributed by atoms with Crippen molar-refractivity contribution in [1.82, 2.24) is 16.0 Å². The highest BCUT2D eigenvalue weighted by atomic mass is 16.2. The van der Waals surface area contributed by atoms with E-state index in [0.29, 0.717) is 18.9 Å². The Labute approximate surface area is 115 Å². The van der Waals surface area contributed by atoms with Crippen molar-refractivity contribution in [3.05, 3.63) is 0 Å². The fraction of sp³-hybridized carbons (Fsp3) is 0.857. The molecule has 19 heavy (non-hydrogen) atoms. The van der Waals surface area contributed by atoms with E-state index in [1.807, 2.05) is 13.8 Å². The molecule has 5 nitrogen and oxygen atoms in total. The number of hydrogen-bond donors (Lipinski definition) is 3. The second kappa shape index (κ2) is 7.48. The molecular formula is C14H27N3O2. The van der Waals surface area contributed by atoms with Gasteiger partial charge in [0.15, 0.2) is 0 Å². The third-order valence-electron chi connectivity index (χ3n) is 3.81. The summed E-state index contributed by atoms with van der Waals surface area (Å²) >= 11 is 0. The standard InChI is InChI=1S/C14H27N3O2/c1-14(2,13(19)15-3)10-17-12(18)5-4-11-6-8-16-9-7-11/h11,16H,4-10H2,1-3H3,(H,15,19)(H,17,18). The molecule has 1 fully saturated rings. The number of piperidine rings is 1. The van der Waals surface area contributed by atoms with Gasteiger partial charge in [-0.3, -0.25) is 9.59 Å². The van der Waals surface area contributed by atoms with Crippen LogP contribution in [0.4, 0.5) is 0 Å². The van der Waals surface area contributed by atoms with Gasteiger partial charge in [-0.1, -0.05) is 0 Å². The predicted molar refractivity (Wildman–Crippen MR) is 75.7 cm³/mol. The van der Waals surface area contributed by atoms with Gasteiger partial charge in [0.05, 0.1) is 5.41 Å². The second-order valence-electron chi connectivity index (χ2n) is 5.97. The first-order valence-electron chi connectivity index (χ1n) is 7.15.